The fraction of sp³-hybridized carbons (Fsp3) is 0.257. The Morgan fingerprint density at radius 3 is 2.11 bits per heavy atom. The third-order valence-electron chi connectivity index (χ3n) is 7.48. The number of methoxy groups -OCH3 is 1. The van der Waals surface area contributed by atoms with Crippen LogP contribution in [0.3, 0.4) is 0 Å². The Hall–Kier alpha value is -4.70. The van der Waals surface area contributed by atoms with Crippen LogP contribution in [0, 0.1) is 5.82 Å². The van der Waals surface area contributed by atoms with Gasteiger partial charge in [-0.3, -0.25) is 13.9 Å². The first kappa shape index (κ1) is 33.2. The molecule has 0 aliphatic heterocycles. The largest absolute Gasteiger partial charge is 0.497 e. The van der Waals surface area contributed by atoms with Crippen LogP contribution in [-0.4, -0.2) is 50.9 Å². The van der Waals surface area contributed by atoms with Crippen LogP contribution in [0.1, 0.15) is 31.4 Å². The van der Waals surface area contributed by atoms with E-state index in [1.165, 1.54) is 36.3 Å². The van der Waals surface area contributed by atoms with E-state index in [2.05, 4.69) is 5.32 Å². The number of sulfonamides is 1. The molecule has 4 aromatic rings. The lowest BCUT2D eigenvalue weighted by Crippen LogP contribution is -2.54. The predicted octanol–water partition coefficient (Wildman–Crippen LogP) is 5.58. The van der Waals surface area contributed by atoms with E-state index in [0.29, 0.717) is 17.7 Å². The zero-order chi connectivity index (χ0) is 32.4. The lowest BCUT2D eigenvalue weighted by Gasteiger charge is -2.34. The van der Waals surface area contributed by atoms with Crippen LogP contribution in [0.5, 0.6) is 5.75 Å². The molecule has 0 unspecified atom stereocenters. The lowest BCUT2D eigenvalue weighted by molar-refractivity contribution is -0.140. The van der Waals surface area contributed by atoms with E-state index >= 15 is 0 Å². The minimum absolute atomic E-state index is 0.00407. The van der Waals surface area contributed by atoms with Crippen molar-refractivity contribution in [2.45, 2.75) is 50.2 Å². The van der Waals surface area contributed by atoms with Crippen molar-refractivity contribution < 1.29 is 27.1 Å². The molecule has 0 aromatic heterocycles. The summed E-state index contributed by atoms with van der Waals surface area (Å²) in [4.78, 5) is 29.7. The third kappa shape index (κ3) is 8.69. The molecule has 10 heteroatoms. The number of anilines is 1. The number of hydrogen-bond acceptors (Lipinski definition) is 5. The molecule has 236 valence electrons. The molecular formula is C35H38FN3O5S. The van der Waals surface area contributed by atoms with Crippen LogP contribution in [-0.2, 0) is 32.6 Å². The monoisotopic (exact) mass is 631 g/mol. The molecule has 0 aliphatic rings. The average Bonchev–Trinajstić information content (AvgIpc) is 3.06. The molecule has 2 atom stereocenters. The van der Waals surface area contributed by atoms with Gasteiger partial charge in [0.05, 0.1) is 17.7 Å². The Labute approximate surface area is 264 Å². The summed E-state index contributed by atoms with van der Waals surface area (Å²) in [7, 11) is -2.73. The number of benzene rings is 4. The van der Waals surface area contributed by atoms with Crippen molar-refractivity contribution in [3.8, 4) is 5.75 Å². The highest BCUT2D eigenvalue weighted by atomic mass is 32.2. The maximum Gasteiger partial charge on any atom is 0.264 e. The number of amides is 2. The fourth-order valence-corrected chi connectivity index (χ4v) is 6.25. The lowest BCUT2D eigenvalue weighted by atomic mass is 10.0. The molecule has 0 fully saturated rings. The van der Waals surface area contributed by atoms with E-state index in [0.717, 1.165) is 22.0 Å². The first-order chi connectivity index (χ1) is 21.6. The van der Waals surface area contributed by atoms with E-state index in [9.17, 15) is 22.4 Å². The number of carbonyl (C=O) groups excluding carboxylic acids is 2. The van der Waals surface area contributed by atoms with E-state index < -0.39 is 34.3 Å². The number of rotatable bonds is 14. The van der Waals surface area contributed by atoms with Gasteiger partial charge in [0.25, 0.3) is 10.0 Å². The third-order valence-corrected chi connectivity index (χ3v) is 9.27. The van der Waals surface area contributed by atoms with Crippen LogP contribution in [0.2, 0.25) is 0 Å². The average molecular weight is 632 g/mol. The SMILES string of the molecule is CC[C@@H](C)NC(=O)[C@H](Cc1ccccc1)N(Cc1cccc(OC)c1)C(=O)CN(c1ccc(F)cc1)S(=O)(=O)c1ccccc1. The van der Waals surface area contributed by atoms with Crippen molar-refractivity contribution in [1.29, 1.82) is 0 Å². The zero-order valence-corrected chi connectivity index (χ0v) is 26.4. The molecule has 0 spiro atoms. The number of ether oxygens (including phenoxy) is 1. The number of carbonyl (C=O) groups is 2. The van der Waals surface area contributed by atoms with Crippen LogP contribution in [0.4, 0.5) is 10.1 Å². The Morgan fingerprint density at radius 1 is 0.867 bits per heavy atom. The Bertz CT molecular complexity index is 1670. The van der Waals surface area contributed by atoms with Gasteiger partial charge in [-0.25, -0.2) is 12.8 Å². The summed E-state index contributed by atoms with van der Waals surface area (Å²) in [6, 6.07) is 28.0. The highest BCUT2D eigenvalue weighted by molar-refractivity contribution is 7.92. The Kier molecular flexibility index (Phi) is 11.3. The summed E-state index contributed by atoms with van der Waals surface area (Å²) >= 11 is 0. The maximum absolute atomic E-state index is 14.5. The number of hydrogen-bond donors (Lipinski definition) is 1. The molecule has 2 amide bonds. The molecule has 4 rings (SSSR count). The molecule has 0 heterocycles. The Balaban J connectivity index is 1.81. The van der Waals surface area contributed by atoms with Gasteiger partial charge in [-0.1, -0.05) is 67.6 Å². The zero-order valence-electron chi connectivity index (χ0n) is 25.6. The summed E-state index contributed by atoms with van der Waals surface area (Å²) in [5.74, 6) is -0.944. The summed E-state index contributed by atoms with van der Waals surface area (Å²) in [6.45, 7) is 3.21. The van der Waals surface area contributed by atoms with Crippen LogP contribution in [0.25, 0.3) is 0 Å². The van der Waals surface area contributed by atoms with Crippen LogP contribution in [0.15, 0.2) is 114 Å². The summed E-state index contributed by atoms with van der Waals surface area (Å²) < 4.78 is 48.2. The first-order valence-corrected chi connectivity index (χ1v) is 16.2. The highest BCUT2D eigenvalue weighted by Crippen LogP contribution is 2.26. The molecular weight excluding hydrogens is 593 g/mol. The fourth-order valence-electron chi connectivity index (χ4n) is 4.82. The quantitative estimate of drug-likeness (QED) is 0.196. The van der Waals surface area contributed by atoms with Gasteiger partial charge < -0.3 is 15.0 Å². The van der Waals surface area contributed by atoms with Gasteiger partial charge in [0.15, 0.2) is 0 Å². The summed E-state index contributed by atoms with van der Waals surface area (Å²) in [5.41, 5.74) is 1.63. The van der Waals surface area contributed by atoms with E-state index in [1.807, 2.05) is 50.2 Å². The molecule has 0 saturated carbocycles. The molecule has 8 nitrogen and oxygen atoms in total. The standard InChI is InChI=1S/C35H38FN3O5S/c1-4-26(2)37-35(41)33(23-27-12-7-5-8-13-27)38(24-28-14-11-15-31(22-28)44-3)34(40)25-39(30-20-18-29(36)19-21-30)45(42,43)32-16-9-6-10-17-32/h5-22,26,33H,4,23-25H2,1-3H3,(H,37,41)/t26-,33+/m1/s1. The number of halogens is 1. The van der Waals surface area contributed by atoms with Crippen LogP contribution < -0.4 is 14.4 Å². The molecule has 0 bridgehead atoms. The first-order valence-electron chi connectivity index (χ1n) is 14.7. The smallest absolute Gasteiger partial charge is 0.264 e. The van der Waals surface area contributed by atoms with Crippen molar-refractivity contribution >= 4 is 27.5 Å². The molecule has 4 aromatic carbocycles. The van der Waals surface area contributed by atoms with Gasteiger partial charge in [-0.2, -0.15) is 0 Å². The second-order valence-electron chi connectivity index (χ2n) is 10.7. The van der Waals surface area contributed by atoms with E-state index in [1.54, 1.807) is 36.4 Å². The second kappa shape index (κ2) is 15.3. The van der Waals surface area contributed by atoms with Gasteiger partial charge in [0.2, 0.25) is 11.8 Å². The van der Waals surface area contributed by atoms with Gasteiger partial charge in [0.1, 0.15) is 24.2 Å². The van der Waals surface area contributed by atoms with Crippen molar-refractivity contribution in [1.82, 2.24) is 10.2 Å². The summed E-state index contributed by atoms with van der Waals surface area (Å²) in [5, 5.41) is 3.01. The van der Waals surface area contributed by atoms with Gasteiger partial charge in [-0.15, -0.1) is 0 Å². The second-order valence-corrected chi connectivity index (χ2v) is 12.6. The van der Waals surface area contributed by atoms with Crippen molar-refractivity contribution in [2.24, 2.45) is 0 Å². The minimum atomic E-state index is -4.26. The normalized spacial score (nSPS) is 12.5. The molecule has 1 N–H and O–H groups in total. The van der Waals surface area contributed by atoms with Gasteiger partial charge >= 0.3 is 0 Å². The molecule has 0 saturated heterocycles. The van der Waals surface area contributed by atoms with Crippen molar-refractivity contribution in [3.63, 3.8) is 0 Å². The van der Waals surface area contributed by atoms with Gasteiger partial charge in [-0.05, 0) is 73.0 Å². The van der Waals surface area contributed by atoms with E-state index in [4.69, 9.17) is 4.74 Å². The number of nitrogens with one attached hydrogen (secondary N) is 1. The molecule has 0 aliphatic carbocycles. The topological polar surface area (TPSA) is 96.0 Å². The van der Waals surface area contributed by atoms with Crippen molar-refractivity contribution in [2.75, 3.05) is 18.0 Å². The molecule has 0 radical (unpaired) electrons. The minimum Gasteiger partial charge on any atom is -0.497 e. The predicted molar refractivity (Wildman–Crippen MR) is 173 cm³/mol. The summed E-state index contributed by atoms with van der Waals surface area (Å²) in [6.07, 6.45) is 0.877. The van der Waals surface area contributed by atoms with E-state index in [-0.39, 0.29) is 35.5 Å². The number of nitrogens with zero attached hydrogens (tertiary/aromatic N) is 2. The maximum atomic E-state index is 14.5. The van der Waals surface area contributed by atoms with Gasteiger partial charge in [0, 0.05) is 19.0 Å². The van der Waals surface area contributed by atoms with Crippen LogP contribution >= 0.6 is 0 Å². The Morgan fingerprint density at radius 2 is 1.49 bits per heavy atom. The highest BCUT2D eigenvalue weighted by Gasteiger charge is 2.35. The van der Waals surface area contributed by atoms with Crippen molar-refractivity contribution in [3.05, 3.63) is 126 Å². The molecule has 45 heavy (non-hydrogen) atoms.